The predicted molar refractivity (Wildman–Crippen MR) is 51.3 cm³/mol. The summed E-state index contributed by atoms with van der Waals surface area (Å²) in [6.07, 6.45) is 3.90. The lowest BCUT2D eigenvalue weighted by Crippen LogP contribution is -2.40. The van der Waals surface area contributed by atoms with Gasteiger partial charge in [0.15, 0.2) is 0 Å². The molecule has 0 aliphatic carbocycles. The number of piperidine rings is 1. The normalized spacial score (nSPS) is 23.7. The van der Waals surface area contributed by atoms with E-state index in [0.29, 0.717) is 5.91 Å². The predicted octanol–water partition coefficient (Wildman–Crippen LogP) is 1.02. The largest absolute Gasteiger partial charge is 0.396 e. The summed E-state index contributed by atoms with van der Waals surface area (Å²) < 4.78 is 0. The molecule has 1 unspecified atom stereocenters. The van der Waals surface area contributed by atoms with Gasteiger partial charge in [0.05, 0.1) is 0 Å². The first-order valence-corrected chi connectivity index (χ1v) is 5.15. The molecule has 0 saturated carbocycles. The zero-order chi connectivity index (χ0) is 9.68. The Labute approximate surface area is 79.7 Å². The first-order chi connectivity index (χ1) is 6.25. The Hall–Kier alpha value is -0.570. The summed E-state index contributed by atoms with van der Waals surface area (Å²) in [5.41, 5.74) is 0. The number of nitrogens with zero attached hydrogens (tertiary/aromatic N) is 1. The van der Waals surface area contributed by atoms with E-state index in [4.69, 9.17) is 5.11 Å². The van der Waals surface area contributed by atoms with Gasteiger partial charge < -0.3 is 10.0 Å². The number of amides is 1. The Bertz CT molecular complexity index is 170. The van der Waals surface area contributed by atoms with Crippen molar-refractivity contribution in [2.45, 2.75) is 32.6 Å². The van der Waals surface area contributed by atoms with Crippen LogP contribution in [0.5, 0.6) is 0 Å². The molecule has 1 N–H and O–H groups in total. The Morgan fingerprint density at radius 1 is 1.54 bits per heavy atom. The van der Waals surface area contributed by atoms with Crippen LogP contribution < -0.4 is 0 Å². The van der Waals surface area contributed by atoms with E-state index in [1.165, 1.54) is 0 Å². The van der Waals surface area contributed by atoms with Gasteiger partial charge in [-0.05, 0) is 25.7 Å². The minimum Gasteiger partial charge on any atom is -0.396 e. The quantitative estimate of drug-likeness (QED) is 0.664. The summed E-state index contributed by atoms with van der Waals surface area (Å²) in [5.74, 6) is 0.507. The van der Waals surface area contributed by atoms with E-state index < -0.39 is 0 Å². The van der Waals surface area contributed by atoms with Crippen LogP contribution in [0.15, 0.2) is 0 Å². The lowest BCUT2D eigenvalue weighted by atomic mass is 9.99. The zero-order valence-electron chi connectivity index (χ0n) is 8.33. The summed E-state index contributed by atoms with van der Waals surface area (Å²) in [6.45, 7) is 3.97. The second kappa shape index (κ2) is 5.22. The van der Waals surface area contributed by atoms with E-state index in [1.807, 2.05) is 11.8 Å². The van der Waals surface area contributed by atoms with Crippen LogP contribution in [-0.2, 0) is 4.79 Å². The van der Waals surface area contributed by atoms with Gasteiger partial charge in [-0.2, -0.15) is 0 Å². The van der Waals surface area contributed by atoms with E-state index in [0.717, 1.165) is 38.8 Å². The SMILES string of the molecule is CC1CCCN(CCCCO)C1=O. The molecule has 0 radical (unpaired) electrons. The molecule has 3 nitrogen and oxygen atoms in total. The smallest absolute Gasteiger partial charge is 0.225 e. The molecule has 3 heteroatoms. The van der Waals surface area contributed by atoms with Crippen molar-refractivity contribution in [1.82, 2.24) is 4.90 Å². The second-order valence-electron chi connectivity index (χ2n) is 3.80. The van der Waals surface area contributed by atoms with Crippen molar-refractivity contribution in [1.29, 1.82) is 0 Å². The van der Waals surface area contributed by atoms with Crippen LogP contribution in [0, 0.1) is 5.92 Å². The Morgan fingerprint density at radius 3 is 3.00 bits per heavy atom. The van der Waals surface area contributed by atoms with Gasteiger partial charge in [0, 0.05) is 25.6 Å². The van der Waals surface area contributed by atoms with Crippen molar-refractivity contribution < 1.29 is 9.90 Å². The standard InChI is InChI=1S/C10H19NO2/c1-9-5-4-7-11(10(9)13)6-2-3-8-12/h9,12H,2-8H2,1H3. The molecular weight excluding hydrogens is 166 g/mol. The van der Waals surface area contributed by atoms with Crippen LogP contribution in [0.3, 0.4) is 0 Å². The molecule has 0 aromatic rings. The maximum Gasteiger partial charge on any atom is 0.225 e. The maximum absolute atomic E-state index is 11.6. The topological polar surface area (TPSA) is 40.5 Å². The molecule has 1 amide bonds. The average Bonchev–Trinajstić information content (AvgIpc) is 2.13. The van der Waals surface area contributed by atoms with Gasteiger partial charge in [-0.3, -0.25) is 4.79 Å². The molecule has 1 atom stereocenters. The van der Waals surface area contributed by atoms with Gasteiger partial charge in [-0.1, -0.05) is 6.92 Å². The van der Waals surface area contributed by atoms with Gasteiger partial charge in [0.25, 0.3) is 0 Å². The summed E-state index contributed by atoms with van der Waals surface area (Å²) in [6, 6.07) is 0. The van der Waals surface area contributed by atoms with E-state index in [-0.39, 0.29) is 12.5 Å². The van der Waals surface area contributed by atoms with Gasteiger partial charge in [0.1, 0.15) is 0 Å². The van der Waals surface area contributed by atoms with E-state index in [9.17, 15) is 4.79 Å². The molecule has 76 valence electrons. The first kappa shape index (κ1) is 10.5. The number of aliphatic hydroxyl groups excluding tert-OH is 1. The van der Waals surface area contributed by atoms with Crippen molar-refractivity contribution in [2.24, 2.45) is 5.92 Å². The fourth-order valence-corrected chi connectivity index (χ4v) is 1.77. The Balaban J connectivity index is 2.27. The summed E-state index contributed by atoms with van der Waals surface area (Å²) in [4.78, 5) is 13.5. The Kier molecular flexibility index (Phi) is 4.22. The second-order valence-corrected chi connectivity index (χ2v) is 3.80. The van der Waals surface area contributed by atoms with Gasteiger partial charge in [-0.15, -0.1) is 0 Å². The molecule has 0 spiro atoms. The number of likely N-dealkylation sites (tertiary alicyclic amines) is 1. The molecule has 0 aromatic carbocycles. The number of hydrogen-bond donors (Lipinski definition) is 1. The van der Waals surface area contributed by atoms with Crippen LogP contribution in [0.1, 0.15) is 32.6 Å². The maximum atomic E-state index is 11.6. The Morgan fingerprint density at radius 2 is 2.31 bits per heavy atom. The van der Waals surface area contributed by atoms with Crippen molar-refractivity contribution in [3.05, 3.63) is 0 Å². The monoisotopic (exact) mass is 185 g/mol. The third-order valence-electron chi connectivity index (χ3n) is 2.63. The highest BCUT2D eigenvalue weighted by atomic mass is 16.2. The molecular formula is C10H19NO2. The van der Waals surface area contributed by atoms with E-state index >= 15 is 0 Å². The van der Waals surface area contributed by atoms with Crippen molar-refractivity contribution in [3.8, 4) is 0 Å². The number of hydrogen-bond acceptors (Lipinski definition) is 2. The number of aliphatic hydroxyl groups is 1. The first-order valence-electron chi connectivity index (χ1n) is 5.15. The van der Waals surface area contributed by atoms with Crippen LogP contribution >= 0.6 is 0 Å². The highest BCUT2D eigenvalue weighted by Crippen LogP contribution is 2.17. The number of carbonyl (C=O) groups is 1. The van der Waals surface area contributed by atoms with Gasteiger partial charge >= 0.3 is 0 Å². The highest BCUT2D eigenvalue weighted by molar-refractivity contribution is 5.79. The molecule has 0 bridgehead atoms. The van der Waals surface area contributed by atoms with Crippen LogP contribution in [-0.4, -0.2) is 35.6 Å². The summed E-state index contributed by atoms with van der Waals surface area (Å²) in [5, 5.41) is 8.61. The number of rotatable bonds is 4. The van der Waals surface area contributed by atoms with Crippen molar-refractivity contribution >= 4 is 5.91 Å². The highest BCUT2D eigenvalue weighted by Gasteiger charge is 2.23. The molecule has 13 heavy (non-hydrogen) atoms. The minimum absolute atomic E-state index is 0.211. The number of unbranched alkanes of at least 4 members (excludes halogenated alkanes) is 1. The van der Waals surface area contributed by atoms with Crippen LogP contribution in [0.25, 0.3) is 0 Å². The fourth-order valence-electron chi connectivity index (χ4n) is 1.77. The lowest BCUT2D eigenvalue weighted by Gasteiger charge is -2.30. The van der Waals surface area contributed by atoms with Crippen molar-refractivity contribution in [3.63, 3.8) is 0 Å². The summed E-state index contributed by atoms with van der Waals surface area (Å²) >= 11 is 0. The average molecular weight is 185 g/mol. The third-order valence-corrected chi connectivity index (χ3v) is 2.63. The van der Waals surface area contributed by atoms with Crippen molar-refractivity contribution in [2.75, 3.05) is 19.7 Å². The van der Waals surface area contributed by atoms with Crippen LogP contribution in [0.4, 0.5) is 0 Å². The molecule has 1 saturated heterocycles. The third kappa shape index (κ3) is 2.99. The fraction of sp³-hybridized carbons (Fsp3) is 0.900. The molecule has 1 aliphatic rings. The van der Waals surface area contributed by atoms with Crippen LogP contribution in [0.2, 0.25) is 0 Å². The molecule has 1 fully saturated rings. The van der Waals surface area contributed by atoms with E-state index in [1.54, 1.807) is 0 Å². The molecule has 1 rings (SSSR count). The molecule has 1 heterocycles. The molecule has 1 aliphatic heterocycles. The van der Waals surface area contributed by atoms with Gasteiger partial charge in [-0.25, -0.2) is 0 Å². The zero-order valence-corrected chi connectivity index (χ0v) is 8.33. The minimum atomic E-state index is 0.211. The van der Waals surface area contributed by atoms with Gasteiger partial charge in [0.2, 0.25) is 5.91 Å². The molecule has 0 aromatic heterocycles. The summed E-state index contributed by atoms with van der Waals surface area (Å²) in [7, 11) is 0. The number of carbonyl (C=O) groups excluding carboxylic acids is 1. The van der Waals surface area contributed by atoms with E-state index in [2.05, 4.69) is 0 Å². The lowest BCUT2D eigenvalue weighted by molar-refractivity contribution is -0.137.